The van der Waals surface area contributed by atoms with Crippen molar-refractivity contribution in [2.45, 2.75) is 37.1 Å². The Kier molecular flexibility index (Phi) is 4.88. The second-order valence-corrected chi connectivity index (χ2v) is 5.87. The summed E-state index contributed by atoms with van der Waals surface area (Å²) in [5.41, 5.74) is 1.78. The molecular weight excluding hydrogens is 258 g/mol. The Hall–Kier alpha value is -1.00. The van der Waals surface area contributed by atoms with E-state index in [9.17, 15) is 9.90 Å². The lowest BCUT2D eigenvalue weighted by Gasteiger charge is -2.37. The molecule has 0 aliphatic heterocycles. The van der Waals surface area contributed by atoms with Crippen molar-refractivity contribution >= 4 is 17.7 Å². The van der Waals surface area contributed by atoms with E-state index in [-0.39, 0.29) is 12.5 Å². The molecule has 1 aliphatic rings. The summed E-state index contributed by atoms with van der Waals surface area (Å²) >= 11 is 1.64. The van der Waals surface area contributed by atoms with Crippen LogP contribution in [-0.2, 0) is 0 Å². The third kappa shape index (κ3) is 3.12. The van der Waals surface area contributed by atoms with Crippen LogP contribution in [0.1, 0.15) is 35.2 Å². The highest BCUT2D eigenvalue weighted by atomic mass is 32.2. The number of carbonyl (C=O) groups excluding carboxylic acids is 1. The highest BCUT2D eigenvalue weighted by molar-refractivity contribution is 7.98. The summed E-state index contributed by atoms with van der Waals surface area (Å²) in [6.07, 6.45) is 5.32. The summed E-state index contributed by atoms with van der Waals surface area (Å²) in [6, 6.07) is 6.32. The molecule has 0 radical (unpaired) electrons. The van der Waals surface area contributed by atoms with Crippen molar-refractivity contribution in [2.24, 2.45) is 0 Å². The molecule has 0 heterocycles. The fourth-order valence-electron chi connectivity index (χ4n) is 2.37. The van der Waals surface area contributed by atoms with Crippen molar-refractivity contribution in [1.82, 2.24) is 4.90 Å². The van der Waals surface area contributed by atoms with E-state index in [1.807, 2.05) is 36.3 Å². The zero-order chi connectivity index (χ0) is 13.8. The van der Waals surface area contributed by atoms with Crippen molar-refractivity contribution in [3.63, 3.8) is 0 Å². The molecule has 0 spiro atoms. The Labute approximate surface area is 119 Å². The lowest BCUT2D eigenvalue weighted by atomic mass is 9.90. The standard InChI is InChI=1S/C15H21NO2S/c1-11-6-7-13(19-2)10-14(11)15(18)16(8-9-17)12-4-3-5-12/h6-7,10,12,17H,3-5,8-9H2,1-2H3. The van der Waals surface area contributed by atoms with Crippen LogP contribution in [-0.4, -0.2) is 41.4 Å². The topological polar surface area (TPSA) is 40.5 Å². The van der Waals surface area contributed by atoms with Crippen molar-refractivity contribution in [3.8, 4) is 0 Å². The number of hydrogen-bond acceptors (Lipinski definition) is 3. The van der Waals surface area contributed by atoms with Gasteiger partial charge >= 0.3 is 0 Å². The van der Waals surface area contributed by atoms with Gasteiger partial charge in [-0.15, -0.1) is 11.8 Å². The number of benzene rings is 1. The predicted molar refractivity (Wildman–Crippen MR) is 78.7 cm³/mol. The number of nitrogens with zero attached hydrogens (tertiary/aromatic N) is 1. The Bertz CT molecular complexity index is 457. The average molecular weight is 279 g/mol. The lowest BCUT2D eigenvalue weighted by Crippen LogP contribution is -2.45. The summed E-state index contributed by atoms with van der Waals surface area (Å²) in [7, 11) is 0. The van der Waals surface area contributed by atoms with Crippen molar-refractivity contribution < 1.29 is 9.90 Å². The Morgan fingerprint density at radius 2 is 2.21 bits per heavy atom. The summed E-state index contributed by atoms with van der Waals surface area (Å²) < 4.78 is 0. The van der Waals surface area contributed by atoms with Crippen LogP contribution in [0.4, 0.5) is 0 Å². The van der Waals surface area contributed by atoms with Gasteiger partial charge in [-0.2, -0.15) is 0 Å². The largest absolute Gasteiger partial charge is 0.395 e. The van der Waals surface area contributed by atoms with Crippen LogP contribution >= 0.6 is 11.8 Å². The van der Waals surface area contributed by atoms with Crippen LogP contribution in [0.3, 0.4) is 0 Å². The van der Waals surface area contributed by atoms with Gasteiger partial charge in [-0.1, -0.05) is 6.07 Å². The van der Waals surface area contributed by atoms with Gasteiger partial charge in [0.15, 0.2) is 0 Å². The van der Waals surface area contributed by atoms with Gasteiger partial charge in [-0.05, 0) is 50.1 Å². The van der Waals surface area contributed by atoms with E-state index in [0.717, 1.165) is 28.9 Å². The number of aliphatic hydroxyl groups excluding tert-OH is 1. The number of aliphatic hydroxyl groups is 1. The molecule has 0 bridgehead atoms. The number of aryl methyl sites for hydroxylation is 1. The monoisotopic (exact) mass is 279 g/mol. The normalized spacial score (nSPS) is 15.1. The third-order valence-corrected chi connectivity index (χ3v) is 4.52. The van der Waals surface area contributed by atoms with Crippen LogP contribution in [0, 0.1) is 6.92 Å². The molecule has 2 rings (SSSR count). The maximum atomic E-state index is 12.7. The van der Waals surface area contributed by atoms with E-state index in [2.05, 4.69) is 0 Å². The molecule has 0 atom stereocenters. The molecule has 0 unspecified atom stereocenters. The smallest absolute Gasteiger partial charge is 0.254 e. The quantitative estimate of drug-likeness (QED) is 0.843. The molecule has 1 aliphatic carbocycles. The van der Waals surface area contributed by atoms with Gasteiger partial charge < -0.3 is 10.0 Å². The summed E-state index contributed by atoms with van der Waals surface area (Å²) in [6.45, 7) is 2.44. The van der Waals surface area contributed by atoms with Crippen molar-refractivity contribution in [3.05, 3.63) is 29.3 Å². The number of carbonyl (C=O) groups is 1. The molecule has 19 heavy (non-hydrogen) atoms. The lowest BCUT2D eigenvalue weighted by molar-refractivity contribution is 0.0525. The SMILES string of the molecule is CSc1ccc(C)c(C(=O)N(CCO)C2CCC2)c1. The van der Waals surface area contributed by atoms with Gasteiger partial charge in [0.1, 0.15) is 0 Å². The zero-order valence-corrected chi connectivity index (χ0v) is 12.4. The van der Waals surface area contributed by atoms with E-state index in [0.29, 0.717) is 12.6 Å². The van der Waals surface area contributed by atoms with Crippen LogP contribution in [0.2, 0.25) is 0 Å². The minimum atomic E-state index is 0.0313. The average Bonchev–Trinajstić information content (AvgIpc) is 2.36. The first-order valence-corrected chi connectivity index (χ1v) is 7.96. The first-order valence-electron chi connectivity index (χ1n) is 6.74. The van der Waals surface area contributed by atoms with Crippen LogP contribution in [0.5, 0.6) is 0 Å². The zero-order valence-electron chi connectivity index (χ0n) is 11.6. The molecule has 1 aromatic rings. The third-order valence-electron chi connectivity index (χ3n) is 3.79. The molecular formula is C15H21NO2S. The Morgan fingerprint density at radius 3 is 2.74 bits per heavy atom. The van der Waals surface area contributed by atoms with Gasteiger partial charge in [0.05, 0.1) is 6.61 Å². The highest BCUT2D eigenvalue weighted by Gasteiger charge is 2.29. The van der Waals surface area contributed by atoms with Crippen LogP contribution < -0.4 is 0 Å². The molecule has 1 N–H and O–H groups in total. The van der Waals surface area contributed by atoms with E-state index >= 15 is 0 Å². The number of amides is 1. The van der Waals surface area contributed by atoms with Gasteiger partial charge in [0, 0.05) is 23.0 Å². The summed E-state index contributed by atoms with van der Waals surface area (Å²) in [5.74, 6) is 0.0622. The van der Waals surface area contributed by atoms with Gasteiger partial charge in [-0.25, -0.2) is 0 Å². The maximum Gasteiger partial charge on any atom is 0.254 e. The fraction of sp³-hybridized carbons (Fsp3) is 0.533. The molecule has 1 aromatic carbocycles. The van der Waals surface area contributed by atoms with Gasteiger partial charge in [0.25, 0.3) is 5.91 Å². The minimum absolute atomic E-state index is 0.0313. The fourth-order valence-corrected chi connectivity index (χ4v) is 2.81. The molecule has 0 saturated heterocycles. The summed E-state index contributed by atoms with van der Waals surface area (Å²) in [4.78, 5) is 15.6. The molecule has 104 valence electrons. The van der Waals surface area contributed by atoms with Crippen molar-refractivity contribution in [2.75, 3.05) is 19.4 Å². The number of thioether (sulfide) groups is 1. The Balaban J connectivity index is 2.24. The molecule has 1 saturated carbocycles. The second kappa shape index (κ2) is 6.44. The maximum absolute atomic E-state index is 12.7. The summed E-state index contributed by atoms with van der Waals surface area (Å²) in [5, 5.41) is 9.17. The number of rotatable bonds is 5. The number of hydrogen-bond donors (Lipinski definition) is 1. The molecule has 1 amide bonds. The van der Waals surface area contributed by atoms with Gasteiger partial charge in [0.2, 0.25) is 0 Å². The molecule has 4 heteroatoms. The van der Waals surface area contributed by atoms with E-state index in [1.54, 1.807) is 11.8 Å². The predicted octanol–water partition coefficient (Wildman–Crippen LogP) is 2.70. The van der Waals surface area contributed by atoms with E-state index in [4.69, 9.17) is 0 Å². The van der Waals surface area contributed by atoms with E-state index < -0.39 is 0 Å². The van der Waals surface area contributed by atoms with Crippen molar-refractivity contribution in [1.29, 1.82) is 0 Å². The van der Waals surface area contributed by atoms with E-state index in [1.165, 1.54) is 6.42 Å². The van der Waals surface area contributed by atoms with Gasteiger partial charge in [-0.3, -0.25) is 4.79 Å². The highest BCUT2D eigenvalue weighted by Crippen LogP contribution is 2.27. The Morgan fingerprint density at radius 1 is 1.47 bits per heavy atom. The molecule has 3 nitrogen and oxygen atoms in total. The first-order chi connectivity index (χ1) is 9.17. The first kappa shape index (κ1) is 14.4. The molecule has 1 fully saturated rings. The van der Waals surface area contributed by atoms with Crippen LogP contribution in [0.25, 0.3) is 0 Å². The minimum Gasteiger partial charge on any atom is -0.395 e. The van der Waals surface area contributed by atoms with Crippen LogP contribution in [0.15, 0.2) is 23.1 Å². The second-order valence-electron chi connectivity index (χ2n) is 4.99. The molecule has 0 aromatic heterocycles.